The number of fused-ring (bicyclic) bond motifs is 1. The fraction of sp³-hybridized carbons (Fsp3) is 0.103. The van der Waals surface area contributed by atoms with Gasteiger partial charge in [0.05, 0.1) is 16.6 Å². The summed E-state index contributed by atoms with van der Waals surface area (Å²) in [6.07, 6.45) is 1.80. The molecular weight excluding hydrogens is 475 g/mol. The second kappa shape index (κ2) is 9.73. The maximum Gasteiger partial charge on any atom is 0.149 e. The predicted octanol–water partition coefficient (Wildman–Crippen LogP) is 7.41. The van der Waals surface area contributed by atoms with Crippen molar-refractivity contribution in [2.75, 3.05) is 0 Å². The van der Waals surface area contributed by atoms with Crippen molar-refractivity contribution in [3.63, 3.8) is 0 Å². The summed E-state index contributed by atoms with van der Waals surface area (Å²) in [7, 11) is 0. The van der Waals surface area contributed by atoms with Crippen LogP contribution < -0.4 is 4.74 Å². The summed E-state index contributed by atoms with van der Waals surface area (Å²) in [4.78, 5) is 7.50. The van der Waals surface area contributed by atoms with Gasteiger partial charge in [0.25, 0.3) is 0 Å². The molecule has 0 amide bonds. The van der Waals surface area contributed by atoms with E-state index in [1.807, 2.05) is 68.4 Å². The van der Waals surface area contributed by atoms with Gasteiger partial charge in [0.1, 0.15) is 30.1 Å². The van der Waals surface area contributed by atoms with Crippen molar-refractivity contribution in [2.45, 2.75) is 20.5 Å². The minimum Gasteiger partial charge on any atom is -0.489 e. The summed E-state index contributed by atoms with van der Waals surface area (Å²) in [5.74, 6) is 0.819. The number of rotatable bonds is 6. The van der Waals surface area contributed by atoms with Crippen LogP contribution in [-0.4, -0.2) is 14.5 Å². The van der Waals surface area contributed by atoms with Crippen LogP contribution in [0.3, 0.4) is 0 Å². The van der Waals surface area contributed by atoms with E-state index in [9.17, 15) is 9.65 Å². The maximum atomic E-state index is 13.6. The lowest BCUT2D eigenvalue weighted by Gasteiger charge is -2.11. The number of aryl methyl sites for hydroxylation is 1. The van der Waals surface area contributed by atoms with E-state index >= 15 is 0 Å². The summed E-state index contributed by atoms with van der Waals surface area (Å²) in [6.45, 7) is 4.48. The molecule has 0 radical (unpaired) electrons. The molecule has 0 aliphatic rings. The van der Waals surface area contributed by atoms with Crippen molar-refractivity contribution in [3.05, 3.63) is 112 Å². The van der Waals surface area contributed by atoms with E-state index in [-0.39, 0.29) is 5.82 Å². The molecular formula is C29H22ClFN4O. The summed E-state index contributed by atoms with van der Waals surface area (Å²) in [5.41, 5.74) is 6.47. The number of hydrogen-bond donors (Lipinski definition) is 1. The average molecular weight is 497 g/mol. The Morgan fingerprint density at radius 3 is 2.56 bits per heavy atom. The molecule has 5 aromatic rings. The Kier molecular flexibility index (Phi) is 6.32. The number of nitriles is 1. The quantitative estimate of drug-likeness (QED) is 0.249. The summed E-state index contributed by atoms with van der Waals surface area (Å²) < 4.78 is 21.6. The predicted molar refractivity (Wildman–Crippen MR) is 141 cm³/mol. The number of imidazole rings is 1. The second-order valence-corrected chi connectivity index (χ2v) is 8.92. The molecule has 36 heavy (non-hydrogen) atoms. The molecule has 5 rings (SSSR count). The molecule has 178 valence electrons. The van der Waals surface area contributed by atoms with Crippen molar-refractivity contribution in [3.8, 4) is 17.5 Å². The molecule has 3 aromatic carbocycles. The van der Waals surface area contributed by atoms with Gasteiger partial charge in [-0.1, -0.05) is 23.7 Å². The molecule has 0 aliphatic carbocycles. The smallest absolute Gasteiger partial charge is 0.149 e. The molecule has 0 aliphatic heterocycles. The molecule has 0 bridgehead atoms. The lowest BCUT2D eigenvalue weighted by molar-refractivity contribution is 0.306. The fourth-order valence-corrected chi connectivity index (χ4v) is 4.31. The third kappa shape index (κ3) is 4.74. The van der Waals surface area contributed by atoms with Crippen LogP contribution in [0.15, 0.2) is 72.8 Å². The topological polar surface area (TPSA) is 66.6 Å². The summed E-state index contributed by atoms with van der Waals surface area (Å²) in [5, 5.41) is 10.5. The first kappa shape index (κ1) is 23.4. The highest BCUT2D eigenvalue weighted by Crippen LogP contribution is 2.27. The highest BCUT2D eigenvalue weighted by atomic mass is 35.5. The molecule has 0 saturated heterocycles. The molecule has 2 aromatic heterocycles. The van der Waals surface area contributed by atoms with Gasteiger partial charge in [-0.2, -0.15) is 5.26 Å². The molecule has 0 atom stereocenters. The zero-order chi connectivity index (χ0) is 25.2. The van der Waals surface area contributed by atoms with Crippen molar-refractivity contribution in [1.82, 2.24) is 14.5 Å². The van der Waals surface area contributed by atoms with Crippen molar-refractivity contribution >= 4 is 34.3 Å². The highest BCUT2D eigenvalue weighted by molar-refractivity contribution is 6.30. The highest BCUT2D eigenvalue weighted by Gasteiger charge is 2.13. The number of aromatic amines is 1. The second-order valence-electron chi connectivity index (χ2n) is 8.49. The first-order valence-electron chi connectivity index (χ1n) is 11.4. The van der Waals surface area contributed by atoms with Crippen LogP contribution in [0.5, 0.6) is 5.75 Å². The Bertz CT molecular complexity index is 1620. The molecule has 2 heterocycles. The van der Waals surface area contributed by atoms with Crippen molar-refractivity contribution < 1.29 is 9.13 Å². The van der Waals surface area contributed by atoms with E-state index in [2.05, 4.69) is 20.6 Å². The van der Waals surface area contributed by atoms with Crippen molar-refractivity contribution in [2.24, 2.45) is 0 Å². The third-order valence-electron chi connectivity index (χ3n) is 6.00. The molecule has 5 nitrogen and oxygen atoms in total. The Balaban J connectivity index is 1.39. The normalized spacial score (nSPS) is 11.6. The minimum absolute atomic E-state index is 0.356. The van der Waals surface area contributed by atoms with Crippen LogP contribution in [0.4, 0.5) is 4.39 Å². The van der Waals surface area contributed by atoms with Crippen LogP contribution in [0, 0.1) is 31.0 Å². The van der Waals surface area contributed by atoms with Gasteiger partial charge in [-0.25, -0.2) is 9.37 Å². The SMILES string of the molecule is Cc1cc(/C=C(/C#N)c2nc3ccc(F)cc3[nH]2)c(C)n1-c1ccc(OCc2ccc(Cl)cc2)cc1. The lowest BCUT2D eigenvalue weighted by Crippen LogP contribution is -2.00. The van der Waals surface area contributed by atoms with E-state index in [1.165, 1.54) is 12.1 Å². The average Bonchev–Trinajstić information content (AvgIpc) is 3.41. The molecule has 7 heteroatoms. The number of benzene rings is 3. The van der Waals surface area contributed by atoms with Crippen LogP contribution in [0.2, 0.25) is 5.02 Å². The van der Waals surface area contributed by atoms with Gasteiger partial charge in [-0.3, -0.25) is 0 Å². The van der Waals surface area contributed by atoms with Gasteiger partial charge in [0.2, 0.25) is 0 Å². The largest absolute Gasteiger partial charge is 0.489 e. The van der Waals surface area contributed by atoms with E-state index in [1.54, 1.807) is 12.1 Å². The van der Waals surface area contributed by atoms with Gasteiger partial charge in [0.15, 0.2) is 0 Å². The first-order chi connectivity index (χ1) is 17.4. The summed E-state index contributed by atoms with van der Waals surface area (Å²) >= 11 is 5.94. The third-order valence-corrected chi connectivity index (χ3v) is 6.26. The Morgan fingerprint density at radius 1 is 1.08 bits per heavy atom. The molecule has 0 fully saturated rings. The zero-order valence-electron chi connectivity index (χ0n) is 19.7. The van der Waals surface area contributed by atoms with Crippen molar-refractivity contribution in [1.29, 1.82) is 5.26 Å². The van der Waals surface area contributed by atoms with E-state index in [0.29, 0.717) is 34.1 Å². The number of nitrogens with zero attached hydrogens (tertiary/aromatic N) is 3. The number of ether oxygens (including phenoxy) is 1. The molecule has 0 spiro atoms. The van der Waals surface area contributed by atoms with Gasteiger partial charge in [-0.05, 0) is 91.7 Å². The summed E-state index contributed by atoms with van der Waals surface area (Å²) in [6, 6.07) is 24.0. The van der Waals surface area contributed by atoms with E-state index in [4.69, 9.17) is 16.3 Å². The fourth-order valence-electron chi connectivity index (χ4n) is 4.19. The number of H-pyrrole nitrogens is 1. The number of allylic oxidation sites excluding steroid dienone is 1. The molecule has 0 saturated carbocycles. The monoisotopic (exact) mass is 496 g/mol. The van der Waals surface area contributed by atoms with Gasteiger partial charge in [-0.15, -0.1) is 0 Å². The zero-order valence-corrected chi connectivity index (χ0v) is 20.5. The lowest BCUT2D eigenvalue weighted by atomic mass is 10.1. The number of nitrogens with one attached hydrogen (secondary N) is 1. The van der Waals surface area contributed by atoms with Crippen LogP contribution >= 0.6 is 11.6 Å². The number of aromatic nitrogens is 3. The van der Waals surface area contributed by atoms with E-state index < -0.39 is 0 Å². The first-order valence-corrected chi connectivity index (χ1v) is 11.7. The van der Waals surface area contributed by atoms with E-state index in [0.717, 1.165) is 34.0 Å². The number of hydrogen-bond acceptors (Lipinski definition) is 3. The molecule has 0 unspecified atom stereocenters. The van der Waals surface area contributed by atoms with Crippen LogP contribution in [0.1, 0.15) is 28.3 Å². The van der Waals surface area contributed by atoms with Gasteiger partial charge in [0, 0.05) is 22.1 Å². The van der Waals surface area contributed by atoms with Gasteiger partial charge < -0.3 is 14.3 Å². The van der Waals surface area contributed by atoms with Crippen LogP contribution in [-0.2, 0) is 6.61 Å². The van der Waals surface area contributed by atoms with Gasteiger partial charge >= 0.3 is 0 Å². The van der Waals surface area contributed by atoms with Crippen LogP contribution in [0.25, 0.3) is 28.4 Å². The Morgan fingerprint density at radius 2 is 1.83 bits per heavy atom. The Hall–Kier alpha value is -4.34. The maximum absolute atomic E-state index is 13.6. The number of halogens is 2. The molecule has 1 N–H and O–H groups in total. The minimum atomic E-state index is -0.356. The Labute approximate surface area is 213 Å². The standard InChI is InChI=1S/C29H22ClFN4O/c1-18-13-21(14-22(16-32)29-33-27-12-7-24(31)15-28(27)34-29)19(2)35(18)25-8-10-26(11-9-25)36-17-20-3-5-23(30)6-4-20/h3-15H,17H2,1-2H3,(H,33,34)/b22-14-.